The fourth-order valence-corrected chi connectivity index (χ4v) is 26.4. The number of rotatable bonds is 16. The highest BCUT2D eigenvalue weighted by Crippen LogP contribution is 2.57. The van der Waals surface area contributed by atoms with Gasteiger partial charge in [0.25, 0.3) is 0 Å². The fraction of sp³-hybridized carbons (Fsp3) is 0.0638. The standard InChI is InChI=1S/C48H37NS.C48H33NS.C45H33NS/c1-47(2)41-14-8-5-11-35(41)37-24-22-33(28-43(37)47)49(34-23-25-38-36-12-6-9-15-42(36)48(3,4)44(38)29-34)32-20-17-30(18-21-32)31-19-26-46-40(27-31)39-13-7-10-16-45(39)50-46;1-3-9-34(10-4-1)36-15-17-37(18-16-36)39-21-28-43(29-22-39)49(42-26-19-38(20-27-42)35-11-5-2-6-12-35)44-30-23-40(24-31-44)41-25-32-48-46(33-41)45-13-7-8-14-47(45)50-48;1-45(2)41-14-8-6-12-37(41)38-26-25-36(29-42(38)45)46(34-21-16-31(17-22-34)30-10-4-3-5-11-30)35-23-18-32(19-24-35)33-20-27-44-40(28-33)39-13-7-9-15-43(39)47-44/h5-29H,1-4H3;1-33H;3-29H,1-2H3. The van der Waals surface area contributed by atoms with E-state index in [4.69, 9.17) is 0 Å². The van der Waals surface area contributed by atoms with Gasteiger partial charge in [-0.1, -0.05) is 393 Å². The summed E-state index contributed by atoms with van der Waals surface area (Å²) in [6.07, 6.45) is 0. The maximum atomic E-state index is 2.46. The lowest BCUT2D eigenvalue weighted by molar-refractivity contribution is 0.660. The SMILES string of the molecule is CC1(C)c2ccccc2-c2ccc(N(c3ccc(-c4ccc5sc6ccccc6c5c4)cc3)c3ccc4c(c3)C(C)(C)c3ccccc3-4)cc21.CC1(C)c2ccccc2-c2ccc(N(c3ccc(-c4ccccc4)cc3)c3ccc(-c4ccc5sc6ccccc6c5c4)cc3)cc21.c1ccc(-c2ccc(-c3ccc(N(c4ccc(-c5ccccc5)cc4)c4ccc(-c5ccc6sc7ccccc7c6c5)cc4)cc3)cc2)cc1. The van der Waals surface area contributed by atoms with Crippen molar-refractivity contribution in [2.45, 2.75) is 57.8 Å². The van der Waals surface area contributed by atoms with Gasteiger partial charge in [0.2, 0.25) is 0 Å². The largest absolute Gasteiger partial charge is 0.311 e. The molecule has 0 saturated carbocycles. The third-order valence-corrected chi connectivity index (χ3v) is 34.4. The summed E-state index contributed by atoms with van der Waals surface area (Å²) in [5.74, 6) is 0. The average molecular weight is 1940 g/mol. The molecule has 0 radical (unpaired) electrons. The molecule has 25 aromatic rings. The molecule has 700 valence electrons. The summed E-state index contributed by atoms with van der Waals surface area (Å²) in [7, 11) is 0. The van der Waals surface area contributed by atoms with Gasteiger partial charge >= 0.3 is 0 Å². The molecular formula is C141H103N3S3. The second-order valence-corrected chi connectivity index (χ2v) is 43.8. The first-order valence-corrected chi connectivity index (χ1v) is 53.3. The third-order valence-electron chi connectivity index (χ3n) is 30.9. The topological polar surface area (TPSA) is 9.72 Å². The van der Waals surface area contributed by atoms with Crippen LogP contribution in [0.1, 0.15) is 74.9 Å². The van der Waals surface area contributed by atoms with E-state index >= 15 is 0 Å². The Hall–Kier alpha value is -17.1. The van der Waals surface area contributed by atoms with E-state index < -0.39 is 0 Å². The monoisotopic (exact) mass is 1930 g/mol. The second-order valence-electron chi connectivity index (χ2n) is 40.6. The first kappa shape index (κ1) is 90.0. The second kappa shape index (κ2) is 36.9. The predicted octanol–water partition coefficient (Wildman–Crippen LogP) is 41.2. The Morgan fingerprint density at radius 1 is 0.129 bits per heavy atom. The molecule has 0 amide bonds. The van der Waals surface area contributed by atoms with Crippen molar-refractivity contribution >= 4 is 146 Å². The maximum Gasteiger partial charge on any atom is 0.0465 e. The van der Waals surface area contributed by atoms with Crippen LogP contribution >= 0.6 is 34.0 Å². The van der Waals surface area contributed by atoms with Crippen LogP contribution in [0.25, 0.3) is 172 Å². The minimum atomic E-state index is -0.0799. The summed E-state index contributed by atoms with van der Waals surface area (Å²) in [6.45, 7) is 14.2. The summed E-state index contributed by atoms with van der Waals surface area (Å²) < 4.78 is 8.00. The van der Waals surface area contributed by atoms with Gasteiger partial charge in [0.05, 0.1) is 0 Å². The summed E-state index contributed by atoms with van der Waals surface area (Å²) >= 11 is 5.59. The van der Waals surface area contributed by atoms with Crippen LogP contribution in [0.5, 0.6) is 0 Å². The van der Waals surface area contributed by atoms with Gasteiger partial charge < -0.3 is 14.7 Å². The minimum Gasteiger partial charge on any atom is -0.311 e. The molecule has 3 aliphatic rings. The van der Waals surface area contributed by atoms with E-state index in [9.17, 15) is 0 Å². The molecule has 0 atom stereocenters. The quantitative estimate of drug-likeness (QED) is 0.0955. The zero-order chi connectivity index (χ0) is 98.6. The zero-order valence-electron chi connectivity index (χ0n) is 82.6. The van der Waals surface area contributed by atoms with Crippen molar-refractivity contribution < 1.29 is 0 Å². The van der Waals surface area contributed by atoms with Gasteiger partial charge in [0, 0.05) is 128 Å². The Kier molecular flexibility index (Phi) is 22.6. The Labute approximate surface area is 871 Å². The minimum absolute atomic E-state index is 0.0703. The molecular weight excluding hydrogens is 1830 g/mol. The van der Waals surface area contributed by atoms with Gasteiger partial charge in [-0.25, -0.2) is 0 Å². The van der Waals surface area contributed by atoms with Gasteiger partial charge in [-0.3, -0.25) is 0 Å². The molecule has 3 aliphatic carbocycles. The highest BCUT2D eigenvalue weighted by molar-refractivity contribution is 7.26. The van der Waals surface area contributed by atoms with Crippen LogP contribution in [0.4, 0.5) is 51.2 Å². The number of anilines is 9. The van der Waals surface area contributed by atoms with Crippen LogP contribution in [0.2, 0.25) is 0 Å². The van der Waals surface area contributed by atoms with E-state index in [0.717, 1.165) is 39.8 Å². The van der Waals surface area contributed by atoms with Crippen LogP contribution in [0, 0.1) is 0 Å². The summed E-state index contributed by atoms with van der Waals surface area (Å²) in [5.41, 5.74) is 43.5. The Balaban J connectivity index is 0.000000112. The van der Waals surface area contributed by atoms with Crippen LogP contribution in [0.15, 0.2) is 516 Å². The van der Waals surface area contributed by atoms with Crippen LogP contribution in [0.3, 0.4) is 0 Å². The van der Waals surface area contributed by atoms with E-state index in [-0.39, 0.29) is 16.2 Å². The molecule has 3 heterocycles. The van der Waals surface area contributed by atoms with Gasteiger partial charge in [-0.05, 0) is 308 Å². The van der Waals surface area contributed by atoms with Crippen molar-refractivity contribution in [2.75, 3.05) is 14.7 Å². The van der Waals surface area contributed by atoms with Gasteiger partial charge in [0.15, 0.2) is 0 Å². The molecule has 0 saturated heterocycles. The zero-order valence-corrected chi connectivity index (χ0v) is 85.1. The Morgan fingerprint density at radius 3 is 0.571 bits per heavy atom. The number of thiophene rings is 3. The lowest BCUT2D eigenvalue weighted by atomic mass is 9.82. The number of hydrogen-bond donors (Lipinski definition) is 0. The number of benzene rings is 22. The van der Waals surface area contributed by atoms with Crippen molar-refractivity contribution in [1.29, 1.82) is 0 Å². The molecule has 0 spiro atoms. The van der Waals surface area contributed by atoms with Crippen LogP contribution in [-0.4, -0.2) is 0 Å². The summed E-state index contributed by atoms with van der Waals surface area (Å²) in [4.78, 5) is 7.20. The molecule has 0 N–H and O–H groups in total. The predicted molar refractivity (Wildman–Crippen MR) is 633 cm³/mol. The molecule has 0 aliphatic heterocycles. The summed E-state index contributed by atoms with van der Waals surface area (Å²) in [6, 6.07) is 189. The van der Waals surface area contributed by atoms with E-state index in [1.807, 2.05) is 34.0 Å². The first-order chi connectivity index (χ1) is 72.1. The molecule has 0 unspecified atom stereocenters. The van der Waals surface area contributed by atoms with Crippen LogP contribution < -0.4 is 14.7 Å². The lowest BCUT2D eigenvalue weighted by Gasteiger charge is -2.30. The molecule has 3 aromatic heterocycles. The van der Waals surface area contributed by atoms with E-state index in [2.05, 4.69) is 572 Å². The fourth-order valence-electron chi connectivity index (χ4n) is 23.1. The van der Waals surface area contributed by atoms with Crippen molar-refractivity contribution in [2.24, 2.45) is 0 Å². The molecule has 22 aromatic carbocycles. The Morgan fingerprint density at radius 2 is 0.306 bits per heavy atom. The highest BCUT2D eigenvalue weighted by Gasteiger charge is 2.40. The number of hydrogen-bond acceptors (Lipinski definition) is 6. The third kappa shape index (κ3) is 16.3. The molecule has 3 nitrogen and oxygen atoms in total. The molecule has 28 rings (SSSR count). The smallest absolute Gasteiger partial charge is 0.0465 e. The lowest BCUT2D eigenvalue weighted by Crippen LogP contribution is -2.18. The van der Waals surface area contributed by atoms with Gasteiger partial charge in [-0.2, -0.15) is 0 Å². The van der Waals surface area contributed by atoms with Crippen molar-refractivity contribution in [1.82, 2.24) is 0 Å². The van der Waals surface area contributed by atoms with E-state index in [0.29, 0.717) is 0 Å². The maximum absolute atomic E-state index is 2.46. The highest BCUT2D eigenvalue weighted by atomic mass is 32.1. The van der Waals surface area contributed by atoms with Crippen LogP contribution in [-0.2, 0) is 16.2 Å². The first-order valence-electron chi connectivity index (χ1n) is 50.9. The molecule has 147 heavy (non-hydrogen) atoms. The Bertz CT molecular complexity index is 9210. The number of nitrogens with zero attached hydrogens (tertiary/aromatic N) is 3. The molecule has 0 fully saturated rings. The van der Waals surface area contributed by atoms with Gasteiger partial charge in [0.1, 0.15) is 0 Å². The van der Waals surface area contributed by atoms with Gasteiger partial charge in [-0.15, -0.1) is 34.0 Å². The molecule has 0 bridgehead atoms. The van der Waals surface area contributed by atoms with E-state index in [1.54, 1.807) is 0 Å². The number of fused-ring (bicyclic) bond motifs is 18. The van der Waals surface area contributed by atoms with Crippen molar-refractivity contribution in [3.05, 3.63) is 549 Å². The van der Waals surface area contributed by atoms with Crippen molar-refractivity contribution in [3.63, 3.8) is 0 Å². The van der Waals surface area contributed by atoms with E-state index in [1.165, 1.54) is 217 Å². The molecule has 6 heteroatoms. The van der Waals surface area contributed by atoms with Crippen molar-refractivity contribution in [3.8, 4) is 111 Å². The average Bonchev–Trinajstić information content (AvgIpc) is 1.58. The summed E-state index contributed by atoms with van der Waals surface area (Å²) in [5, 5.41) is 7.97. The normalized spacial score (nSPS) is 13.0.